The molecule has 0 aliphatic heterocycles. The van der Waals surface area contributed by atoms with Gasteiger partial charge in [0.05, 0.1) is 12.4 Å². The number of nitrogens with zero attached hydrogens (tertiary/aromatic N) is 2. The van der Waals surface area contributed by atoms with E-state index in [-0.39, 0.29) is 16.2 Å². The van der Waals surface area contributed by atoms with Gasteiger partial charge in [0.15, 0.2) is 0 Å². The third-order valence-electron chi connectivity index (χ3n) is 2.08. The molecule has 2 heterocycles. The summed E-state index contributed by atoms with van der Waals surface area (Å²) in [6.45, 7) is 5.63. The van der Waals surface area contributed by atoms with E-state index in [1.54, 1.807) is 0 Å². The number of nitrogens with one attached hydrogen (secondary N) is 1. The van der Waals surface area contributed by atoms with Gasteiger partial charge < -0.3 is 8.94 Å². The molecule has 18 heavy (non-hydrogen) atoms. The van der Waals surface area contributed by atoms with Crippen molar-refractivity contribution in [1.82, 2.24) is 10.1 Å². The van der Waals surface area contributed by atoms with Crippen LogP contribution in [0.15, 0.2) is 32.7 Å². The van der Waals surface area contributed by atoms with Crippen LogP contribution in [0.2, 0.25) is 0 Å². The molecule has 0 spiro atoms. The number of hydrogen-bond donors (Lipinski definition) is 1. The molecule has 0 atom stereocenters. The second-order valence-corrected chi connectivity index (χ2v) is 6.37. The van der Waals surface area contributed by atoms with Crippen LogP contribution in [-0.2, 0) is 15.4 Å². The maximum absolute atomic E-state index is 11.9. The maximum atomic E-state index is 11.9. The predicted molar refractivity (Wildman–Crippen MR) is 62.5 cm³/mol. The van der Waals surface area contributed by atoms with Crippen LogP contribution in [0.4, 0.5) is 5.69 Å². The van der Waals surface area contributed by atoms with Gasteiger partial charge in [0.2, 0.25) is 5.89 Å². The van der Waals surface area contributed by atoms with Crippen molar-refractivity contribution in [1.29, 1.82) is 0 Å². The lowest BCUT2D eigenvalue weighted by Crippen LogP contribution is -2.13. The lowest BCUT2D eigenvalue weighted by molar-refractivity contribution is 0.344. The van der Waals surface area contributed by atoms with E-state index >= 15 is 0 Å². The predicted octanol–water partition coefficient (Wildman–Crippen LogP) is 1.76. The summed E-state index contributed by atoms with van der Waals surface area (Å²) in [4.78, 5) is 3.96. The molecule has 0 aliphatic rings. The molecule has 0 radical (unpaired) electrons. The number of rotatable bonds is 3. The van der Waals surface area contributed by atoms with Gasteiger partial charge in [-0.05, 0) is 0 Å². The molecule has 1 N–H and O–H groups in total. The van der Waals surface area contributed by atoms with E-state index in [1.165, 1.54) is 18.7 Å². The number of hydrogen-bond acceptors (Lipinski definition) is 6. The second-order valence-electron chi connectivity index (χ2n) is 4.75. The van der Waals surface area contributed by atoms with Crippen molar-refractivity contribution in [2.24, 2.45) is 0 Å². The number of anilines is 1. The minimum atomic E-state index is -3.80. The van der Waals surface area contributed by atoms with Crippen LogP contribution in [0.3, 0.4) is 0 Å². The topological polar surface area (TPSA) is 98.2 Å². The molecule has 0 saturated heterocycles. The smallest absolute Gasteiger partial charge is 0.297 e. The van der Waals surface area contributed by atoms with E-state index in [0.29, 0.717) is 5.89 Å². The van der Waals surface area contributed by atoms with Crippen LogP contribution in [-0.4, -0.2) is 18.6 Å². The lowest BCUT2D eigenvalue weighted by Gasteiger charge is -2.12. The average molecular weight is 271 g/mol. The zero-order chi connectivity index (χ0) is 13.4. The van der Waals surface area contributed by atoms with E-state index in [2.05, 4.69) is 19.4 Å². The van der Waals surface area contributed by atoms with Gasteiger partial charge in [-0.3, -0.25) is 4.72 Å². The van der Waals surface area contributed by atoms with Crippen molar-refractivity contribution >= 4 is 15.7 Å². The van der Waals surface area contributed by atoms with E-state index in [1.807, 2.05) is 20.8 Å². The fourth-order valence-corrected chi connectivity index (χ4v) is 2.08. The Kier molecular flexibility index (Phi) is 2.89. The molecule has 0 fully saturated rings. The molecule has 8 heteroatoms. The Hall–Kier alpha value is -1.83. The summed E-state index contributed by atoms with van der Waals surface area (Å²) >= 11 is 0. The number of oxazole rings is 1. The molecule has 0 amide bonds. The molecule has 0 aromatic carbocycles. The number of aromatic nitrogens is 2. The summed E-state index contributed by atoms with van der Waals surface area (Å²) in [5.74, 6) is 0.355. The summed E-state index contributed by atoms with van der Waals surface area (Å²) in [6, 6.07) is 0. The summed E-state index contributed by atoms with van der Waals surface area (Å²) in [5, 5.41) is 3.15. The van der Waals surface area contributed by atoms with Crippen LogP contribution in [0, 0.1) is 0 Å². The van der Waals surface area contributed by atoms with Crippen LogP contribution in [0.5, 0.6) is 0 Å². The Morgan fingerprint density at radius 1 is 1.28 bits per heavy atom. The monoisotopic (exact) mass is 271 g/mol. The lowest BCUT2D eigenvalue weighted by atomic mass is 9.97. The molecule has 0 bridgehead atoms. The van der Waals surface area contributed by atoms with Crippen molar-refractivity contribution < 1.29 is 17.4 Å². The van der Waals surface area contributed by atoms with Crippen molar-refractivity contribution in [3.05, 3.63) is 24.5 Å². The van der Waals surface area contributed by atoms with Gasteiger partial charge in [0.25, 0.3) is 15.1 Å². The normalized spacial score (nSPS) is 12.6. The quantitative estimate of drug-likeness (QED) is 0.913. The molecule has 98 valence electrons. The zero-order valence-electron chi connectivity index (χ0n) is 10.2. The fraction of sp³-hybridized carbons (Fsp3) is 0.400. The molecule has 2 aromatic heterocycles. The standard InChI is InChI=1S/C10H13N3O4S/c1-10(2,3)9-11-5-8(17-9)18(14,15)13-7-4-12-16-6-7/h4-6,13H,1-3H3. The minimum Gasteiger partial charge on any atom is -0.427 e. The second kappa shape index (κ2) is 4.13. The Balaban J connectivity index is 2.28. The van der Waals surface area contributed by atoms with Gasteiger partial charge in [-0.15, -0.1) is 0 Å². The zero-order valence-corrected chi connectivity index (χ0v) is 11.0. The Morgan fingerprint density at radius 2 is 2.00 bits per heavy atom. The first-order valence-corrected chi connectivity index (χ1v) is 6.66. The molecule has 2 rings (SSSR count). The highest BCUT2D eigenvalue weighted by atomic mass is 32.2. The van der Waals surface area contributed by atoms with E-state index in [4.69, 9.17) is 4.42 Å². The minimum absolute atomic E-state index is 0.226. The van der Waals surface area contributed by atoms with E-state index in [9.17, 15) is 8.42 Å². The molecule has 0 aliphatic carbocycles. The van der Waals surface area contributed by atoms with Crippen molar-refractivity contribution in [2.75, 3.05) is 4.72 Å². The van der Waals surface area contributed by atoms with Gasteiger partial charge in [-0.2, -0.15) is 8.42 Å². The van der Waals surface area contributed by atoms with Crippen LogP contribution in [0.1, 0.15) is 26.7 Å². The Labute approximate surface area is 104 Å². The molecule has 2 aromatic rings. The number of sulfonamides is 1. The van der Waals surface area contributed by atoms with Gasteiger partial charge >= 0.3 is 0 Å². The van der Waals surface area contributed by atoms with Gasteiger partial charge in [-0.1, -0.05) is 25.9 Å². The molecule has 0 saturated carbocycles. The third-order valence-corrected chi connectivity index (χ3v) is 3.30. The van der Waals surface area contributed by atoms with Crippen molar-refractivity contribution in [3.8, 4) is 0 Å². The van der Waals surface area contributed by atoms with E-state index < -0.39 is 10.0 Å². The molecular weight excluding hydrogens is 258 g/mol. The summed E-state index contributed by atoms with van der Waals surface area (Å²) in [5.41, 5.74) is -0.131. The van der Waals surface area contributed by atoms with Gasteiger partial charge in [0.1, 0.15) is 12.0 Å². The van der Waals surface area contributed by atoms with Crippen LogP contribution >= 0.6 is 0 Å². The highest BCUT2D eigenvalue weighted by molar-refractivity contribution is 7.92. The highest BCUT2D eigenvalue weighted by Crippen LogP contribution is 2.24. The SMILES string of the molecule is CC(C)(C)c1ncc(S(=O)(=O)Nc2cnoc2)o1. The van der Waals surface area contributed by atoms with Gasteiger partial charge in [-0.25, -0.2) is 4.98 Å². The van der Waals surface area contributed by atoms with Crippen molar-refractivity contribution in [2.45, 2.75) is 31.3 Å². The van der Waals surface area contributed by atoms with Crippen molar-refractivity contribution in [3.63, 3.8) is 0 Å². The Morgan fingerprint density at radius 3 is 2.50 bits per heavy atom. The summed E-state index contributed by atoms with van der Waals surface area (Å²) in [7, 11) is -3.80. The van der Waals surface area contributed by atoms with Crippen LogP contribution < -0.4 is 4.72 Å². The maximum Gasteiger partial charge on any atom is 0.297 e. The highest BCUT2D eigenvalue weighted by Gasteiger charge is 2.25. The molecule has 7 nitrogen and oxygen atoms in total. The largest absolute Gasteiger partial charge is 0.427 e. The Bertz CT molecular complexity index is 622. The first-order chi connectivity index (χ1) is 8.29. The molecular formula is C10H13N3O4S. The summed E-state index contributed by atoms with van der Waals surface area (Å²) < 4.78 is 35.9. The first-order valence-electron chi connectivity index (χ1n) is 5.17. The summed E-state index contributed by atoms with van der Waals surface area (Å²) in [6.07, 6.45) is 3.60. The molecule has 0 unspecified atom stereocenters. The fourth-order valence-electron chi connectivity index (χ4n) is 1.19. The average Bonchev–Trinajstić information content (AvgIpc) is 2.83. The third kappa shape index (κ3) is 2.53. The van der Waals surface area contributed by atoms with E-state index in [0.717, 1.165) is 0 Å². The van der Waals surface area contributed by atoms with Gasteiger partial charge in [0, 0.05) is 5.41 Å². The first kappa shape index (κ1) is 12.6. The van der Waals surface area contributed by atoms with Crippen LogP contribution in [0.25, 0.3) is 0 Å².